The fourth-order valence-electron chi connectivity index (χ4n) is 8.47. The van der Waals surface area contributed by atoms with Gasteiger partial charge in [-0.2, -0.15) is 0 Å². The molecule has 45 heavy (non-hydrogen) atoms. The Bertz CT molecular complexity index is 1640. The van der Waals surface area contributed by atoms with Crippen LogP contribution in [0.25, 0.3) is 16.9 Å². The van der Waals surface area contributed by atoms with Crippen molar-refractivity contribution in [1.29, 1.82) is 0 Å². The maximum atomic E-state index is 14.7. The lowest BCUT2D eigenvalue weighted by Gasteiger charge is -2.59. The maximum absolute atomic E-state index is 14.7. The summed E-state index contributed by atoms with van der Waals surface area (Å²) in [7, 11) is 0. The second-order valence-corrected chi connectivity index (χ2v) is 14.4. The third kappa shape index (κ3) is 4.68. The number of aliphatic hydroxyl groups is 3. The van der Waals surface area contributed by atoms with E-state index in [4.69, 9.17) is 4.74 Å². The number of unbranched alkanes of at least 4 members (excludes halogenated alkanes) is 1. The fourth-order valence-corrected chi connectivity index (χ4v) is 8.47. The lowest BCUT2D eigenvalue weighted by molar-refractivity contribution is -0.178. The van der Waals surface area contributed by atoms with Crippen LogP contribution in [0.15, 0.2) is 53.3 Å². The molecule has 0 aliphatic heterocycles. The molecule has 4 unspecified atom stereocenters. The van der Waals surface area contributed by atoms with Crippen LogP contribution in [0, 0.1) is 22.7 Å². The van der Waals surface area contributed by atoms with Crippen molar-refractivity contribution in [2.45, 2.75) is 92.6 Å². The van der Waals surface area contributed by atoms with E-state index in [9.17, 15) is 29.7 Å². The van der Waals surface area contributed by atoms with Crippen molar-refractivity contribution in [3.8, 4) is 16.9 Å². The highest BCUT2D eigenvalue weighted by molar-refractivity contribution is 6.24. The zero-order valence-corrected chi connectivity index (χ0v) is 27.7. The number of carbonyl (C=O) groups excluding carboxylic acids is 3. The summed E-state index contributed by atoms with van der Waals surface area (Å²) in [5.74, 6) is -3.86. The van der Waals surface area contributed by atoms with E-state index in [0.717, 1.165) is 36.5 Å². The SMILES string of the molecule is CCCCOc1ccc(-c2ccc(C(C)C)cc2)c2c1C(O)=C1C(=O)C3(O)C(O)=C(C(C)=O)C(=O)C(C(C)C)C3(C)CC1(C)C2. The lowest BCUT2D eigenvalue weighted by Crippen LogP contribution is -2.69. The number of rotatable bonds is 8. The molecule has 3 N–H and O–H groups in total. The van der Waals surface area contributed by atoms with Crippen molar-refractivity contribution in [2.24, 2.45) is 22.7 Å². The predicted molar refractivity (Wildman–Crippen MR) is 174 cm³/mol. The number of fused-ring (bicyclic) bond motifs is 3. The van der Waals surface area contributed by atoms with Crippen molar-refractivity contribution in [2.75, 3.05) is 6.61 Å². The van der Waals surface area contributed by atoms with Crippen molar-refractivity contribution < 1.29 is 34.4 Å². The van der Waals surface area contributed by atoms with Crippen LogP contribution in [0.2, 0.25) is 0 Å². The summed E-state index contributed by atoms with van der Waals surface area (Å²) in [5.41, 5.74) is -1.33. The molecule has 3 aliphatic rings. The van der Waals surface area contributed by atoms with Crippen LogP contribution in [0.3, 0.4) is 0 Å². The minimum atomic E-state index is -2.58. The van der Waals surface area contributed by atoms with Crippen LogP contribution in [-0.2, 0) is 20.8 Å². The average Bonchev–Trinajstić information content (AvgIpc) is 2.94. The molecule has 1 saturated carbocycles. The largest absolute Gasteiger partial charge is 0.508 e. The minimum Gasteiger partial charge on any atom is -0.508 e. The summed E-state index contributed by atoms with van der Waals surface area (Å²) < 4.78 is 6.17. The van der Waals surface area contributed by atoms with Gasteiger partial charge < -0.3 is 20.1 Å². The summed E-state index contributed by atoms with van der Waals surface area (Å²) in [6.07, 6.45) is 2.15. The molecule has 0 heterocycles. The predicted octanol–water partition coefficient (Wildman–Crippen LogP) is 7.45. The second-order valence-electron chi connectivity index (χ2n) is 14.4. The molecule has 0 aromatic heterocycles. The Balaban J connectivity index is 1.79. The number of hydrogen-bond acceptors (Lipinski definition) is 7. The average molecular weight is 615 g/mol. The summed E-state index contributed by atoms with van der Waals surface area (Å²) in [6, 6.07) is 12.1. The van der Waals surface area contributed by atoms with E-state index >= 15 is 0 Å². The summed E-state index contributed by atoms with van der Waals surface area (Å²) in [6.45, 7) is 15.1. The van der Waals surface area contributed by atoms with E-state index in [0.29, 0.717) is 30.3 Å². The highest BCUT2D eigenvalue weighted by atomic mass is 16.5. The van der Waals surface area contributed by atoms with Crippen molar-refractivity contribution in [3.05, 3.63) is 70.0 Å². The van der Waals surface area contributed by atoms with Gasteiger partial charge in [-0.3, -0.25) is 14.4 Å². The van der Waals surface area contributed by atoms with E-state index in [1.165, 1.54) is 5.56 Å². The number of aliphatic hydroxyl groups excluding tert-OH is 2. The zero-order valence-electron chi connectivity index (χ0n) is 27.7. The van der Waals surface area contributed by atoms with Gasteiger partial charge in [-0.15, -0.1) is 0 Å². The summed E-state index contributed by atoms with van der Waals surface area (Å²) in [4.78, 5) is 41.2. The number of ketones is 3. The van der Waals surface area contributed by atoms with E-state index in [2.05, 4.69) is 45.0 Å². The molecule has 7 nitrogen and oxygen atoms in total. The topological polar surface area (TPSA) is 121 Å². The van der Waals surface area contributed by atoms with Crippen LogP contribution in [0.1, 0.15) is 97.3 Å². The van der Waals surface area contributed by atoms with Gasteiger partial charge in [-0.25, -0.2) is 0 Å². The number of ether oxygens (including phenoxy) is 1. The van der Waals surface area contributed by atoms with Crippen LogP contribution in [-0.4, -0.2) is 44.9 Å². The van der Waals surface area contributed by atoms with Gasteiger partial charge in [0.2, 0.25) is 5.78 Å². The molecule has 2 aromatic carbocycles. The minimum absolute atomic E-state index is 0.0195. The molecule has 4 atom stereocenters. The normalized spacial score (nSPS) is 27.9. The number of Topliss-reactive ketones (excluding diaryl/α,β-unsaturated/α-hetero) is 3. The van der Waals surface area contributed by atoms with Crippen LogP contribution in [0.5, 0.6) is 5.75 Å². The summed E-state index contributed by atoms with van der Waals surface area (Å²) >= 11 is 0. The zero-order chi connectivity index (χ0) is 33.2. The number of allylic oxidation sites excluding steroid dienone is 1. The van der Waals surface area contributed by atoms with Gasteiger partial charge in [0.15, 0.2) is 17.2 Å². The van der Waals surface area contributed by atoms with E-state index in [1.54, 1.807) is 6.92 Å². The molecule has 0 radical (unpaired) electrons. The first-order valence-electron chi connectivity index (χ1n) is 16.1. The molecule has 5 rings (SSSR count). The first-order chi connectivity index (χ1) is 21.0. The highest BCUT2D eigenvalue weighted by Crippen LogP contribution is 2.65. The molecule has 7 heteroatoms. The molecular weight excluding hydrogens is 568 g/mol. The van der Waals surface area contributed by atoms with Crippen LogP contribution in [0.4, 0.5) is 0 Å². The molecule has 240 valence electrons. The van der Waals surface area contributed by atoms with E-state index < -0.39 is 51.0 Å². The summed E-state index contributed by atoms with van der Waals surface area (Å²) in [5, 5.41) is 35.9. The van der Waals surface area contributed by atoms with Crippen LogP contribution >= 0.6 is 0 Å². The quantitative estimate of drug-likeness (QED) is 0.209. The second kappa shape index (κ2) is 11.3. The molecule has 2 aromatic rings. The molecule has 3 aliphatic carbocycles. The molecule has 0 spiro atoms. The van der Waals surface area contributed by atoms with Gasteiger partial charge in [0.25, 0.3) is 0 Å². The smallest absolute Gasteiger partial charge is 0.203 e. The molecule has 0 saturated heterocycles. The van der Waals surface area contributed by atoms with Gasteiger partial charge in [0.1, 0.15) is 22.8 Å². The van der Waals surface area contributed by atoms with Gasteiger partial charge in [0.05, 0.1) is 12.2 Å². The standard InChI is InChI=1S/C38H46O7/c1-9-10-17-45-27-16-15-25(24-13-11-23(12-14-24)20(2)3)26-18-36(7)19-37(8)30(21(4)5)32(40)28(22(6)39)34(42)38(37,44)35(43)31(36)33(41)29(26)27/h11-16,20-21,30,41-42,44H,9-10,17-19H2,1-8H3. The molecule has 0 amide bonds. The molecular formula is C38H46O7. The van der Waals surface area contributed by atoms with Gasteiger partial charge in [-0.1, -0.05) is 85.2 Å². The maximum Gasteiger partial charge on any atom is 0.203 e. The lowest BCUT2D eigenvalue weighted by atomic mass is 9.43. The number of carbonyl (C=O) groups is 3. The van der Waals surface area contributed by atoms with Crippen molar-refractivity contribution in [3.63, 3.8) is 0 Å². The fraction of sp³-hybridized carbons (Fsp3) is 0.500. The molecule has 1 fully saturated rings. The third-order valence-corrected chi connectivity index (χ3v) is 10.5. The first kappa shape index (κ1) is 32.7. The Morgan fingerprint density at radius 2 is 1.67 bits per heavy atom. The van der Waals surface area contributed by atoms with Crippen molar-refractivity contribution in [1.82, 2.24) is 0 Å². The Morgan fingerprint density at radius 3 is 2.22 bits per heavy atom. The Kier molecular flexibility index (Phi) is 8.18. The van der Waals surface area contributed by atoms with Crippen molar-refractivity contribution >= 4 is 23.1 Å². The monoisotopic (exact) mass is 614 g/mol. The van der Waals surface area contributed by atoms with Gasteiger partial charge in [0, 0.05) is 22.3 Å². The Hall–Kier alpha value is -3.71. The number of benzene rings is 2. The highest BCUT2D eigenvalue weighted by Gasteiger charge is 2.72. The van der Waals surface area contributed by atoms with Gasteiger partial charge >= 0.3 is 0 Å². The Morgan fingerprint density at radius 1 is 1.02 bits per heavy atom. The molecule has 0 bridgehead atoms. The Labute approximate surface area is 266 Å². The third-order valence-electron chi connectivity index (χ3n) is 10.5. The van der Waals surface area contributed by atoms with Gasteiger partial charge in [-0.05, 0) is 66.3 Å². The van der Waals surface area contributed by atoms with E-state index in [1.807, 2.05) is 32.9 Å². The first-order valence-corrected chi connectivity index (χ1v) is 16.1. The number of hydrogen-bond donors (Lipinski definition) is 3. The van der Waals surface area contributed by atoms with Crippen LogP contribution < -0.4 is 4.74 Å². The van der Waals surface area contributed by atoms with E-state index in [-0.39, 0.29) is 23.7 Å².